The zero-order chi connectivity index (χ0) is 16.7. The minimum absolute atomic E-state index is 0.183. The Balaban J connectivity index is 1.83. The Labute approximate surface area is 135 Å². The Morgan fingerprint density at radius 1 is 1.39 bits per heavy atom. The third-order valence-corrected chi connectivity index (χ3v) is 3.91. The molecular formula is C16H24F2N4O. The van der Waals surface area contributed by atoms with Crippen molar-refractivity contribution in [1.29, 1.82) is 0 Å². The van der Waals surface area contributed by atoms with Crippen molar-refractivity contribution in [3.05, 3.63) is 29.8 Å². The minimum Gasteiger partial charge on any atom is -0.434 e. The molecule has 0 saturated carbocycles. The molecule has 0 aliphatic carbocycles. The molecule has 0 amide bonds. The molecule has 1 heterocycles. The zero-order valence-corrected chi connectivity index (χ0v) is 13.6. The highest BCUT2D eigenvalue weighted by Crippen LogP contribution is 2.20. The number of nitrogens with one attached hydrogen (secondary N) is 2. The van der Waals surface area contributed by atoms with Gasteiger partial charge in [-0.15, -0.1) is 0 Å². The SMILES string of the molecule is CN=C(NCc1ccccc1OC(F)F)NCC1CCN(C)C1. The maximum atomic E-state index is 12.4. The van der Waals surface area contributed by atoms with E-state index in [0.717, 1.165) is 19.6 Å². The van der Waals surface area contributed by atoms with E-state index in [1.54, 1.807) is 25.2 Å². The van der Waals surface area contributed by atoms with E-state index in [1.165, 1.54) is 12.5 Å². The largest absolute Gasteiger partial charge is 0.434 e. The van der Waals surface area contributed by atoms with Crippen LogP contribution in [0.5, 0.6) is 5.75 Å². The lowest BCUT2D eigenvalue weighted by molar-refractivity contribution is -0.0504. The van der Waals surface area contributed by atoms with Gasteiger partial charge < -0.3 is 20.3 Å². The molecule has 2 rings (SSSR count). The maximum Gasteiger partial charge on any atom is 0.387 e. The summed E-state index contributed by atoms with van der Waals surface area (Å²) in [4.78, 5) is 6.47. The maximum absolute atomic E-state index is 12.4. The van der Waals surface area contributed by atoms with Crippen molar-refractivity contribution in [2.45, 2.75) is 19.6 Å². The van der Waals surface area contributed by atoms with Gasteiger partial charge in [0.25, 0.3) is 0 Å². The van der Waals surface area contributed by atoms with E-state index in [-0.39, 0.29) is 5.75 Å². The third kappa shape index (κ3) is 5.67. The average molecular weight is 326 g/mol. The van der Waals surface area contributed by atoms with Crippen LogP contribution in [0.4, 0.5) is 8.78 Å². The predicted octanol–water partition coefficient (Wildman–Crippen LogP) is 1.90. The molecule has 1 aromatic rings. The van der Waals surface area contributed by atoms with Crippen LogP contribution in [0, 0.1) is 5.92 Å². The van der Waals surface area contributed by atoms with Gasteiger partial charge in [-0.25, -0.2) is 0 Å². The van der Waals surface area contributed by atoms with E-state index in [4.69, 9.17) is 0 Å². The summed E-state index contributed by atoms with van der Waals surface area (Å²) in [6.45, 7) is 0.589. The Morgan fingerprint density at radius 2 is 2.17 bits per heavy atom. The first-order chi connectivity index (χ1) is 11.1. The second kappa shape index (κ2) is 8.67. The standard InChI is InChI=1S/C16H24F2N4O/c1-19-16(20-9-12-7-8-22(2)11-12)21-10-13-5-3-4-6-14(13)23-15(17)18/h3-6,12,15H,7-11H2,1-2H3,(H2,19,20,21). The first-order valence-electron chi connectivity index (χ1n) is 7.74. The highest BCUT2D eigenvalue weighted by atomic mass is 19.3. The van der Waals surface area contributed by atoms with Crippen molar-refractivity contribution in [3.8, 4) is 5.75 Å². The number of rotatable bonds is 6. The third-order valence-electron chi connectivity index (χ3n) is 3.91. The molecule has 1 saturated heterocycles. The molecule has 0 bridgehead atoms. The van der Waals surface area contributed by atoms with Crippen LogP contribution < -0.4 is 15.4 Å². The number of hydrogen-bond acceptors (Lipinski definition) is 3. The zero-order valence-electron chi connectivity index (χ0n) is 13.6. The first kappa shape index (κ1) is 17.5. The highest BCUT2D eigenvalue weighted by molar-refractivity contribution is 5.79. The summed E-state index contributed by atoms with van der Waals surface area (Å²) < 4.78 is 29.3. The second-order valence-corrected chi connectivity index (χ2v) is 5.71. The monoisotopic (exact) mass is 326 g/mol. The second-order valence-electron chi connectivity index (χ2n) is 5.71. The van der Waals surface area contributed by atoms with Gasteiger partial charge in [-0.1, -0.05) is 18.2 Å². The quantitative estimate of drug-likeness (QED) is 0.619. The average Bonchev–Trinajstić information content (AvgIpc) is 2.94. The van der Waals surface area contributed by atoms with Crippen LogP contribution in [0.1, 0.15) is 12.0 Å². The first-order valence-corrected chi connectivity index (χ1v) is 7.74. The van der Waals surface area contributed by atoms with Crippen molar-refractivity contribution in [2.75, 3.05) is 33.7 Å². The fourth-order valence-electron chi connectivity index (χ4n) is 2.69. The van der Waals surface area contributed by atoms with Crippen LogP contribution >= 0.6 is 0 Å². The van der Waals surface area contributed by atoms with Crippen LogP contribution in [0.2, 0.25) is 0 Å². The summed E-state index contributed by atoms with van der Waals surface area (Å²) in [5, 5.41) is 6.42. The number of nitrogens with zero attached hydrogens (tertiary/aromatic N) is 2. The Hall–Kier alpha value is -1.89. The van der Waals surface area contributed by atoms with Gasteiger partial charge in [0.15, 0.2) is 5.96 Å². The van der Waals surface area contributed by atoms with E-state index in [9.17, 15) is 8.78 Å². The van der Waals surface area contributed by atoms with Crippen LogP contribution in [0.15, 0.2) is 29.3 Å². The van der Waals surface area contributed by atoms with Gasteiger partial charge in [0.1, 0.15) is 5.75 Å². The topological polar surface area (TPSA) is 48.9 Å². The van der Waals surface area contributed by atoms with Crippen molar-refractivity contribution in [1.82, 2.24) is 15.5 Å². The number of likely N-dealkylation sites (tertiary alicyclic amines) is 1. The Morgan fingerprint density at radius 3 is 2.83 bits per heavy atom. The normalized spacial score (nSPS) is 19.2. The van der Waals surface area contributed by atoms with Crippen LogP contribution in [0.25, 0.3) is 0 Å². The number of para-hydroxylation sites is 1. The Kier molecular flexibility index (Phi) is 6.58. The number of alkyl halides is 2. The van der Waals surface area contributed by atoms with E-state index < -0.39 is 6.61 Å². The highest BCUT2D eigenvalue weighted by Gasteiger charge is 2.19. The minimum atomic E-state index is -2.83. The van der Waals surface area contributed by atoms with Crippen molar-refractivity contribution < 1.29 is 13.5 Å². The van der Waals surface area contributed by atoms with Gasteiger partial charge in [0.05, 0.1) is 0 Å². The molecule has 1 aromatic carbocycles. The molecule has 0 aromatic heterocycles. The van der Waals surface area contributed by atoms with Gasteiger partial charge in [-0.3, -0.25) is 4.99 Å². The molecule has 1 aliphatic rings. The van der Waals surface area contributed by atoms with E-state index >= 15 is 0 Å². The van der Waals surface area contributed by atoms with E-state index in [0.29, 0.717) is 24.0 Å². The molecule has 5 nitrogen and oxygen atoms in total. The summed E-state index contributed by atoms with van der Waals surface area (Å²) in [5.74, 6) is 1.45. The molecule has 2 N–H and O–H groups in total. The summed E-state index contributed by atoms with van der Waals surface area (Å²) in [7, 11) is 3.81. The molecule has 128 valence electrons. The van der Waals surface area contributed by atoms with Crippen LogP contribution in [-0.4, -0.2) is 51.2 Å². The van der Waals surface area contributed by atoms with Gasteiger partial charge in [-0.05, 0) is 32.0 Å². The van der Waals surface area contributed by atoms with Gasteiger partial charge in [-0.2, -0.15) is 8.78 Å². The lowest BCUT2D eigenvalue weighted by Gasteiger charge is -2.16. The molecule has 1 aliphatic heterocycles. The predicted molar refractivity (Wildman–Crippen MR) is 86.9 cm³/mol. The summed E-state index contributed by atoms with van der Waals surface area (Å²) in [6, 6.07) is 6.75. The summed E-state index contributed by atoms with van der Waals surface area (Å²) >= 11 is 0. The molecule has 0 radical (unpaired) electrons. The van der Waals surface area contributed by atoms with Gasteiger partial charge in [0, 0.05) is 32.2 Å². The number of guanidine groups is 1. The lowest BCUT2D eigenvalue weighted by Crippen LogP contribution is -2.39. The van der Waals surface area contributed by atoms with E-state index in [1.807, 2.05) is 0 Å². The molecule has 1 atom stereocenters. The summed E-state index contributed by atoms with van der Waals surface area (Å²) in [6.07, 6.45) is 1.17. The molecule has 7 heteroatoms. The smallest absolute Gasteiger partial charge is 0.387 e. The number of aliphatic imine (C=N–C) groups is 1. The van der Waals surface area contributed by atoms with Crippen molar-refractivity contribution in [3.63, 3.8) is 0 Å². The van der Waals surface area contributed by atoms with Crippen molar-refractivity contribution >= 4 is 5.96 Å². The van der Waals surface area contributed by atoms with Gasteiger partial charge >= 0.3 is 6.61 Å². The number of hydrogen-bond donors (Lipinski definition) is 2. The molecular weight excluding hydrogens is 302 g/mol. The molecule has 1 fully saturated rings. The lowest BCUT2D eigenvalue weighted by atomic mass is 10.1. The molecule has 0 spiro atoms. The van der Waals surface area contributed by atoms with Crippen LogP contribution in [0.3, 0.4) is 0 Å². The number of halogens is 2. The fourth-order valence-corrected chi connectivity index (χ4v) is 2.69. The summed E-state index contributed by atoms with van der Waals surface area (Å²) in [5.41, 5.74) is 0.663. The number of ether oxygens (including phenoxy) is 1. The Bertz CT molecular complexity index is 525. The number of benzene rings is 1. The van der Waals surface area contributed by atoms with Crippen molar-refractivity contribution in [2.24, 2.45) is 10.9 Å². The van der Waals surface area contributed by atoms with Crippen LogP contribution in [-0.2, 0) is 6.54 Å². The van der Waals surface area contributed by atoms with E-state index in [2.05, 4.69) is 32.3 Å². The van der Waals surface area contributed by atoms with Gasteiger partial charge in [0.2, 0.25) is 0 Å². The molecule has 23 heavy (non-hydrogen) atoms. The fraction of sp³-hybridized carbons (Fsp3) is 0.562. The molecule has 1 unspecified atom stereocenters.